The number of nitrogens with zero attached hydrogens (tertiary/aromatic N) is 1. The highest BCUT2D eigenvalue weighted by Gasteiger charge is 2.29. The summed E-state index contributed by atoms with van der Waals surface area (Å²) in [5.74, 6) is -0.544. The number of nitrogens with two attached hydrogens (primary N) is 1. The highest BCUT2D eigenvalue weighted by Crippen LogP contribution is 2.23. The van der Waals surface area contributed by atoms with E-state index in [1.54, 1.807) is 12.1 Å². The number of ether oxygens (including phenoxy) is 1. The van der Waals surface area contributed by atoms with Crippen molar-refractivity contribution in [3.8, 4) is 11.1 Å². The third-order valence-electron chi connectivity index (χ3n) is 5.83. The van der Waals surface area contributed by atoms with Crippen LogP contribution in [0.4, 0.5) is 0 Å². The monoisotopic (exact) mass is 433 g/mol. The highest BCUT2D eigenvalue weighted by molar-refractivity contribution is 5.95. The van der Waals surface area contributed by atoms with Crippen molar-refractivity contribution in [2.24, 2.45) is 11.7 Å². The zero-order valence-corrected chi connectivity index (χ0v) is 18.7. The van der Waals surface area contributed by atoms with E-state index in [0.29, 0.717) is 24.4 Å². The van der Waals surface area contributed by atoms with E-state index in [1.165, 1.54) is 7.11 Å². The second kappa shape index (κ2) is 10.7. The Hall–Kier alpha value is -3.54. The molecule has 0 bridgehead atoms. The molecule has 2 atom stereocenters. The summed E-state index contributed by atoms with van der Waals surface area (Å²) in [5.41, 5.74) is 9.60. The minimum absolute atomic E-state index is 0.222. The van der Waals surface area contributed by atoms with Crippen molar-refractivity contribution in [2.45, 2.75) is 25.8 Å². The molecule has 1 aliphatic rings. The fraction of sp³-hybridized carbons (Fsp3) is 0.308. The van der Waals surface area contributed by atoms with Crippen molar-refractivity contribution in [2.75, 3.05) is 20.2 Å². The van der Waals surface area contributed by atoms with Gasteiger partial charge in [0, 0.05) is 24.7 Å². The Bertz CT molecular complexity index is 983. The molecule has 2 aromatic carbocycles. The highest BCUT2D eigenvalue weighted by atomic mass is 16.5. The average molecular weight is 434 g/mol. The topological polar surface area (TPSA) is 84.7 Å². The maximum absolute atomic E-state index is 12.8. The zero-order chi connectivity index (χ0) is 23.1. The first-order chi connectivity index (χ1) is 15.4. The fourth-order valence-electron chi connectivity index (χ4n) is 3.94. The number of hydrogen-bond acceptors (Lipinski definition) is 5. The number of hydrogen-bond donors (Lipinski definition) is 2. The molecule has 1 amide bonds. The summed E-state index contributed by atoms with van der Waals surface area (Å²) < 4.78 is 5.03. The SMILES string of the molecule is C=C(N)N1CCC=C(C[C@@H](C(=O)OC)[C@@H](C)NC(=O)c2ccc(-c3ccccc3)cc2)C1. The molecule has 0 fully saturated rings. The summed E-state index contributed by atoms with van der Waals surface area (Å²) >= 11 is 0. The van der Waals surface area contributed by atoms with E-state index in [-0.39, 0.29) is 11.9 Å². The van der Waals surface area contributed by atoms with Crippen LogP contribution >= 0.6 is 0 Å². The van der Waals surface area contributed by atoms with Crippen LogP contribution in [0.1, 0.15) is 30.1 Å². The molecule has 3 N–H and O–H groups in total. The maximum Gasteiger partial charge on any atom is 0.311 e. The van der Waals surface area contributed by atoms with Gasteiger partial charge in [-0.2, -0.15) is 0 Å². The second-order valence-electron chi connectivity index (χ2n) is 8.10. The summed E-state index contributed by atoms with van der Waals surface area (Å²) in [5, 5.41) is 2.97. The van der Waals surface area contributed by atoms with Crippen LogP contribution in [0.2, 0.25) is 0 Å². The molecule has 0 unspecified atom stereocenters. The molecule has 32 heavy (non-hydrogen) atoms. The van der Waals surface area contributed by atoms with E-state index in [2.05, 4.69) is 18.0 Å². The molecule has 6 heteroatoms. The predicted molar refractivity (Wildman–Crippen MR) is 127 cm³/mol. The summed E-state index contributed by atoms with van der Waals surface area (Å²) in [6, 6.07) is 17.0. The normalized spacial score (nSPS) is 15.3. The molecule has 6 nitrogen and oxygen atoms in total. The first kappa shape index (κ1) is 23.1. The van der Waals surface area contributed by atoms with E-state index in [9.17, 15) is 9.59 Å². The molecule has 2 aromatic rings. The summed E-state index contributed by atoms with van der Waals surface area (Å²) in [4.78, 5) is 27.3. The Balaban J connectivity index is 1.67. The third kappa shape index (κ3) is 5.78. The van der Waals surface area contributed by atoms with E-state index in [1.807, 2.05) is 54.3 Å². The molecule has 168 valence electrons. The molecule has 1 aliphatic heterocycles. The van der Waals surface area contributed by atoms with Crippen LogP contribution < -0.4 is 11.1 Å². The lowest BCUT2D eigenvalue weighted by Crippen LogP contribution is -2.43. The molecule has 1 heterocycles. The number of carbonyl (C=O) groups is 2. The predicted octanol–water partition coefficient (Wildman–Crippen LogP) is 3.71. The van der Waals surface area contributed by atoms with Crippen LogP contribution in [0.5, 0.6) is 0 Å². The van der Waals surface area contributed by atoms with Gasteiger partial charge >= 0.3 is 5.97 Å². The molecule has 0 aliphatic carbocycles. The average Bonchev–Trinajstić information content (AvgIpc) is 2.82. The van der Waals surface area contributed by atoms with Gasteiger partial charge in [-0.1, -0.05) is 60.7 Å². The van der Waals surface area contributed by atoms with Crippen LogP contribution in [0.25, 0.3) is 11.1 Å². The Kier molecular flexibility index (Phi) is 7.71. The quantitative estimate of drug-likeness (QED) is 0.490. The van der Waals surface area contributed by atoms with Crippen molar-refractivity contribution < 1.29 is 14.3 Å². The van der Waals surface area contributed by atoms with E-state index in [4.69, 9.17) is 10.5 Å². The van der Waals surface area contributed by atoms with Crippen LogP contribution in [0.15, 0.2) is 78.6 Å². The molecule has 3 rings (SSSR count). The number of methoxy groups -OCH3 is 1. The van der Waals surface area contributed by atoms with Gasteiger partial charge in [-0.15, -0.1) is 0 Å². The van der Waals surface area contributed by atoms with Gasteiger partial charge in [0.15, 0.2) is 0 Å². The standard InChI is InChI=1S/C26H31N3O3/c1-18(24(26(31)32-3)16-20-8-7-15-29(17-20)19(2)27)28-25(30)23-13-11-22(12-14-23)21-9-5-4-6-10-21/h4-6,8-14,18,24H,2,7,15-17,27H2,1,3H3,(H,28,30)/t18-,24-/m1/s1. The minimum Gasteiger partial charge on any atom is -0.469 e. The number of nitrogens with one attached hydrogen (secondary N) is 1. The van der Waals surface area contributed by atoms with Gasteiger partial charge in [-0.25, -0.2) is 0 Å². The summed E-state index contributed by atoms with van der Waals surface area (Å²) in [7, 11) is 1.37. The molecule has 0 aromatic heterocycles. The van der Waals surface area contributed by atoms with Gasteiger partial charge in [0.2, 0.25) is 0 Å². The Morgan fingerprint density at radius 3 is 2.41 bits per heavy atom. The number of esters is 1. The Morgan fingerprint density at radius 2 is 1.78 bits per heavy atom. The van der Waals surface area contributed by atoms with Crippen LogP contribution in [-0.2, 0) is 9.53 Å². The Labute approximate surface area is 189 Å². The lowest BCUT2D eigenvalue weighted by Gasteiger charge is -2.31. The van der Waals surface area contributed by atoms with Crippen LogP contribution in [0, 0.1) is 5.92 Å². The van der Waals surface area contributed by atoms with Gasteiger partial charge in [-0.05, 0) is 43.0 Å². The van der Waals surface area contributed by atoms with Gasteiger partial charge in [0.05, 0.1) is 18.8 Å². The van der Waals surface area contributed by atoms with E-state index >= 15 is 0 Å². The number of amides is 1. The van der Waals surface area contributed by atoms with E-state index < -0.39 is 12.0 Å². The largest absolute Gasteiger partial charge is 0.469 e. The lowest BCUT2D eigenvalue weighted by molar-refractivity contribution is -0.146. The summed E-state index contributed by atoms with van der Waals surface area (Å²) in [6.45, 7) is 7.08. The Morgan fingerprint density at radius 1 is 1.12 bits per heavy atom. The molecular weight excluding hydrogens is 402 g/mol. The van der Waals surface area contributed by atoms with Crippen molar-refractivity contribution >= 4 is 11.9 Å². The second-order valence-corrected chi connectivity index (χ2v) is 8.10. The minimum atomic E-state index is -0.496. The van der Waals surface area contributed by atoms with Gasteiger partial charge in [0.25, 0.3) is 5.91 Å². The van der Waals surface area contributed by atoms with Crippen molar-refractivity contribution in [3.63, 3.8) is 0 Å². The fourth-order valence-corrected chi connectivity index (χ4v) is 3.94. The van der Waals surface area contributed by atoms with Gasteiger partial charge in [-0.3, -0.25) is 9.59 Å². The lowest BCUT2D eigenvalue weighted by atomic mass is 9.90. The first-order valence-corrected chi connectivity index (χ1v) is 10.8. The summed E-state index contributed by atoms with van der Waals surface area (Å²) in [6.07, 6.45) is 3.46. The number of benzene rings is 2. The molecule has 0 spiro atoms. The van der Waals surface area contributed by atoms with Crippen molar-refractivity contribution in [3.05, 3.63) is 84.2 Å². The zero-order valence-electron chi connectivity index (χ0n) is 18.7. The molecule has 0 radical (unpaired) electrons. The molecule has 0 saturated carbocycles. The van der Waals surface area contributed by atoms with Crippen LogP contribution in [-0.4, -0.2) is 43.0 Å². The van der Waals surface area contributed by atoms with Crippen molar-refractivity contribution in [1.29, 1.82) is 0 Å². The first-order valence-electron chi connectivity index (χ1n) is 10.8. The molecular formula is C26H31N3O3. The smallest absolute Gasteiger partial charge is 0.311 e. The number of carbonyl (C=O) groups excluding carboxylic acids is 2. The van der Waals surface area contributed by atoms with Gasteiger partial charge < -0.3 is 20.7 Å². The number of rotatable bonds is 8. The van der Waals surface area contributed by atoms with E-state index in [0.717, 1.165) is 29.7 Å². The maximum atomic E-state index is 12.8. The third-order valence-corrected chi connectivity index (χ3v) is 5.83. The van der Waals surface area contributed by atoms with Gasteiger partial charge in [0.1, 0.15) is 0 Å². The van der Waals surface area contributed by atoms with Crippen molar-refractivity contribution in [1.82, 2.24) is 10.2 Å². The van der Waals surface area contributed by atoms with Crippen LogP contribution in [0.3, 0.4) is 0 Å². The molecule has 0 saturated heterocycles.